The van der Waals surface area contributed by atoms with Gasteiger partial charge in [-0.25, -0.2) is 0 Å². The fraction of sp³-hybridized carbons (Fsp3) is 1.00. The van der Waals surface area contributed by atoms with Gasteiger partial charge in [-0.15, -0.1) is 0 Å². The summed E-state index contributed by atoms with van der Waals surface area (Å²) in [6.07, 6.45) is -22.2. The zero-order chi connectivity index (χ0) is 17.6. The van der Waals surface area contributed by atoms with Crippen LogP contribution in [0.3, 0.4) is 0 Å². The molecule has 2 fully saturated rings. The molecule has 0 saturated heterocycles. The van der Waals surface area contributed by atoms with E-state index in [1.807, 2.05) is 0 Å². The molecule has 0 heterocycles. The minimum absolute atomic E-state index is 1.74. The molecule has 2 rings (SSSR count). The van der Waals surface area contributed by atoms with Gasteiger partial charge in [0.2, 0.25) is 0 Å². The molecule has 0 amide bonds. The van der Waals surface area contributed by atoms with Crippen LogP contribution in [0.1, 0.15) is 0 Å². The van der Waals surface area contributed by atoms with Crippen molar-refractivity contribution in [1.29, 1.82) is 0 Å². The minimum atomic E-state index is -1.89. The molecule has 11 heteroatoms. The quantitative estimate of drug-likeness (QED) is 0.228. The topological polar surface area (TPSA) is 212 Å². The smallest absolute Gasteiger partial charge is 0.115 e. The van der Waals surface area contributed by atoms with Gasteiger partial charge in [-0.3, -0.25) is 0 Å². The Bertz CT molecular complexity index is 340. The first kappa shape index (κ1) is 18.9. The Labute approximate surface area is 130 Å². The van der Waals surface area contributed by atoms with Gasteiger partial charge in [0.15, 0.2) is 0 Å². The van der Waals surface area contributed by atoms with Crippen LogP contribution < -0.4 is 0 Å². The largest absolute Gasteiger partial charge is 0.387 e. The molecule has 136 valence electrons. The number of rotatable bonds is 2. The lowest BCUT2D eigenvalue weighted by Crippen LogP contribution is -2.69. The predicted molar refractivity (Wildman–Crippen MR) is 68.7 cm³/mol. The normalized spacial score (nSPS) is 58.2. The van der Waals surface area contributed by atoms with Crippen molar-refractivity contribution in [3.05, 3.63) is 0 Å². The van der Waals surface area contributed by atoms with E-state index in [1.54, 1.807) is 0 Å². The highest BCUT2D eigenvalue weighted by Crippen LogP contribution is 2.30. The number of aliphatic hydroxyl groups excluding tert-OH is 10. The van der Waals surface area contributed by atoms with Gasteiger partial charge in [0, 0.05) is 0 Å². The third-order valence-corrected chi connectivity index (χ3v) is 4.46. The molecule has 0 bridgehead atoms. The summed E-state index contributed by atoms with van der Waals surface area (Å²) in [5.41, 5.74) is 0. The number of ether oxygens (including phenoxy) is 1. The van der Waals surface area contributed by atoms with Crippen LogP contribution >= 0.6 is 0 Å². The highest BCUT2D eigenvalue weighted by molar-refractivity contribution is 5.03. The van der Waals surface area contributed by atoms with Crippen molar-refractivity contribution in [2.24, 2.45) is 0 Å². The molecule has 10 N–H and O–H groups in total. The van der Waals surface area contributed by atoms with Crippen LogP contribution in [0.5, 0.6) is 0 Å². The van der Waals surface area contributed by atoms with Crippen LogP contribution in [0, 0.1) is 0 Å². The van der Waals surface area contributed by atoms with E-state index in [9.17, 15) is 51.1 Å². The van der Waals surface area contributed by atoms with Crippen molar-refractivity contribution in [2.45, 2.75) is 73.2 Å². The second-order valence-electron chi connectivity index (χ2n) is 5.97. The van der Waals surface area contributed by atoms with Gasteiger partial charge in [-0.1, -0.05) is 0 Å². The second-order valence-corrected chi connectivity index (χ2v) is 5.97. The molecule has 2 aliphatic rings. The van der Waals surface area contributed by atoms with Crippen LogP contribution in [0.4, 0.5) is 0 Å². The molecular weight excluding hydrogens is 320 g/mol. The Balaban J connectivity index is 2.19. The lowest BCUT2D eigenvalue weighted by molar-refractivity contribution is -0.289. The Hall–Kier alpha value is -0.440. The number of hydrogen-bond acceptors (Lipinski definition) is 11. The van der Waals surface area contributed by atoms with Gasteiger partial charge < -0.3 is 55.8 Å². The maximum atomic E-state index is 9.84. The molecule has 2 aliphatic carbocycles. The lowest BCUT2D eigenvalue weighted by Gasteiger charge is -2.47. The Kier molecular flexibility index (Phi) is 5.60. The summed E-state index contributed by atoms with van der Waals surface area (Å²) in [6.45, 7) is 0. The number of hydrogen-bond donors (Lipinski definition) is 10. The predicted octanol–water partition coefficient (Wildman–Crippen LogP) is -6.62. The number of aliphatic hydroxyl groups is 10. The fourth-order valence-electron chi connectivity index (χ4n) is 2.90. The molecule has 0 aromatic carbocycles. The average molecular weight is 342 g/mol. The molecule has 4 unspecified atom stereocenters. The molecule has 0 radical (unpaired) electrons. The van der Waals surface area contributed by atoms with Crippen molar-refractivity contribution < 1.29 is 55.8 Å². The fourth-order valence-corrected chi connectivity index (χ4v) is 2.90. The van der Waals surface area contributed by atoms with Crippen LogP contribution in [0.2, 0.25) is 0 Å². The molecule has 2 saturated carbocycles. The summed E-state index contributed by atoms with van der Waals surface area (Å²) >= 11 is 0. The molecule has 0 aromatic heterocycles. The van der Waals surface area contributed by atoms with Crippen LogP contribution in [0.15, 0.2) is 0 Å². The highest BCUT2D eigenvalue weighted by atomic mass is 16.6. The van der Waals surface area contributed by atoms with Gasteiger partial charge in [-0.2, -0.15) is 0 Å². The standard InChI is InChI=1S/C12H22O11/c13-1-3(15)7(19)11(8(20)4(1)16)23-12-9(21)5(17)2(14)6(18)10(12)22/h1-22H/t1?,2?,3-,4+,5-,6+,7-,8-,9-,10-,11?,12?/m1/s1. The van der Waals surface area contributed by atoms with Crippen LogP contribution in [-0.4, -0.2) is 124 Å². The van der Waals surface area contributed by atoms with Crippen molar-refractivity contribution in [3.63, 3.8) is 0 Å². The zero-order valence-corrected chi connectivity index (χ0v) is 11.8. The van der Waals surface area contributed by atoms with Crippen molar-refractivity contribution in [2.75, 3.05) is 0 Å². The van der Waals surface area contributed by atoms with E-state index >= 15 is 0 Å². The van der Waals surface area contributed by atoms with E-state index < -0.39 is 73.2 Å². The Morgan fingerprint density at radius 1 is 0.304 bits per heavy atom. The first-order valence-electron chi connectivity index (χ1n) is 7.05. The third-order valence-electron chi connectivity index (χ3n) is 4.46. The summed E-state index contributed by atoms with van der Waals surface area (Å²) < 4.78 is 5.10. The molecule has 0 aliphatic heterocycles. The van der Waals surface area contributed by atoms with Gasteiger partial charge in [0.05, 0.1) is 0 Å². The van der Waals surface area contributed by atoms with Gasteiger partial charge in [0.25, 0.3) is 0 Å². The maximum absolute atomic E-state index is 9.84. The van der Waals surface area contributed by atoms with Crippen molar-refractivity contribution in [3.8, 4) is 0 Å². The van der Waals surface area contributed by atoms with E-state index in [4.69, 9.17) is 4.74 Å². The SMILES string of the molecule is OC1[C@@H](O)[C@@H](O)C(OC2[C@H](O)[C@H](O)C(O)[C@H](O)[C@H]2O)[C@H](O)[C@H]1O. The maximum Gasteiger partial charge on any atom is 0.115 e. The molecule has 11 nitrogen and oxygen atoms in total. The van der Waals surface area contributed by atoms with Crippen LogP contribution in [0.25, 0.3) is 0 Å². The molecule has 0 spiro atoms. The molecule has 12 atom stereocenters. The Morgan fingerprint density at radius 2 is 0.478 bits per heavy atom. The van der Waals surface area contributed by atoms with E-state index in [2.05, 4.69) is 0 Å². The summed E-state index contributed by atoms with van der Waals surface area (Å²) in [5, 5.41) is 96.6. The van der Waals surface area contributed by atoms with E-state index in [-0.39, 0.29) is 0 Å². The van der Waals surface area contributed by atoms with Gasteiger partial charge in [-0.05, 0) is 0 Å². The molecular formula is C12H22O11. The summed E-state index contributed by atoms with van der Waals surface area (Å²) in [7, 11) is 0. The van der Waals surface area contributed by atoms with E-state index in [0.29, 0.717) is 0 Å². The summed E-state index contributed by atoms with van der Waals surface area (Å²) in [6, 6.07) is 0. The van der Waals surface area contributed by atoms with Crippen LogP contribution in [-0.2, 0) is 4.74 Å². The zero-order valence-electron chi connectivity index (χ0n) is 11.8. The summed E-state index contributed by atoms with van der Waals surface area (Å²) in [4.78, 5) is 0. The van der Waals surface area contributed by atoms with Gasteiger partial charge >= 0.3 is 0 Å². The minimum Gasteiger partial charge on any atom is -0.387 e. The second kappa shape index (κ2) is 6.82. The third kappa shape index (κ3) is 3.10. The monoisotopic (exact) mass is 342 g/mol. The Morgan fingerprint density at radius 3 is 0.696 bits per heavy atom. The van der Waals surface area contributed by atoms with Gasteiger partial charge in [0.1, 0.15) is 73.2 Å². The summed E-state index contributed by atoms with van der Waals surface area (Å²) in [5.74, 6) is 0. The highest BCUT2D eigenvalue weighted by Gasteiger charge is 2.54. The molecule has 0 aromatic rings. The van der Waals surface area contributed by atoms with E-state index in [1.165, 1.54) is 0 Å². The van der Waals surface area contributed by atoms with E-state index in [0.717, 1.165) is 0 Å². The van der Waals surface area contributed by atoms with Crippen molar-refractivity contribution >= 4 is 0 Å². The first-order valence-corrected chi connectivity index (χ1v) is 7.05. The average Bonchev–Trinajstić information content (AvgIpc) is 2.54. The lowest BCUT2D eigenvalue weighted by atomic mass is 9.82. The van der Waals surface area contributed by atoms with Crippen molar-refractivity contribution in [1.82, 2.24) is 0 Å². The molecule has 23 heavy (non-hydrogen) atoms. The first-order chi connectivity index (χ1) is 10.6.